The molecule has 2 aromatic heterocycles. The highest BCUT2D eigenvalue weighted by Crippen LogP contribution is 2.29. The molecule has 1 aliphatic heterocycles. The van der Waals surface area contributed by atoms with Gasteiger partial charge in [-0.2, -0.15) is 0 Å². The van der Waals surface area contributed by atoms with E-state index in [1.165, 1.54) is 5.56 Å². The number of amides is 1. The van der Waals surface area contributed by atoms with Crippen LogP contribution in [0.5, 0.6) is 5.75 Å². The largest absolute Gasteiger partial charge is 0.497 e. The fourth-order valence-corrected chi connectivity index (χ4v) is 3.57. The maximum absolute atomic E-state index is 12.8. The third-order valence-corrected chi connectivity index (χ3v) is 5.02. The number of nitrogens with one attached hydrogen (secondary N) is 1. The number of aromatic nitrogens is 2. The molecule has 3 heterocycles. The molecular weight excluding hydrogens is 314 g/mol. The average molecular weight is 335 g/mol. The number of hydrogen-bond donors (Lipinski definition) is 1. The quantitative estimate of drug-likeness (QED) is 0.796. The van der Waals surface area contributed by atoms with Crippen molar-refractivity contribution < 1.29 is 9.53 Å². The van der Waals surface area contributed by atoms with Crippen LogP contribution in [0, 0.1) is 0 Å². The van der Waals surface area contributed by atoms with E-state index in [-0.39, 0.29) is 5.91 Å². The normalized spacial score (nSPS) is 15.5. The number of methoxy groups -OCH3 is 1. The lowest BCUT2D eigenvalue weighted by molar-refractivity contribution is 0.0708. The van der Waals surface area contributed by atoms with Crippen molar-refractivity contribution in [3.05, 3.63) is 60.0 Å². The summed E-state index contributed by atoms with van der Waals surface area (Å²) in [7, 11) is 1.64. The molecule has 0 saturated carbocycles. The van der Waals surface area contributed by atoms with Gasteiger partial charge in [0, 0.05) is 42.5 Å². The smallest absolute Gasteiger partial charge is 0.270 e. The Kier molecular flexibility index (Phi) is 4.14. The molecule has 1 N–H and O–H groups in total. The lowest BCUT2D eigenvalue weighted by Crippen LogP contribution is -2.38. The van der Waals surface area contributed by atoms with Gasteiger partial charge in [-0.15, -0.1) is 0 Å². The summed E-state index contributed by atoms with van der Waals surface area (Å²) in [4.78, 5) is 22.1. The van der Waals surface area contributed by atoms with Crippen molar-refractivity contribution in [1.82, 2.24) is 14.9 Å². The van der Waals surface area contributed by atoms with Crippen LogP contribution < -0.4 is 4.74 Å². The fraction of sp³-hybridized carbons (Fsp3) is 0.300. The van der Waals surface area contributed by atoms with Gasteiger partial charge < -0.3 is 14.6 Å². The highest BCUT2D eigenvalue weighted by molar-refractivity contribution is 5.98. The molecule has 5 heteroatoms. The number of rotatable bonds is 3. The number of ether oxygens (including phenoxy) is 1. The van der Waals surface area contributed by atoms with Gasteiger partial charge in [-0.25, -0.2) is 0 Å². The van der Waals surface area contributed by atoms with Gasteiger partial charge in [0.2, 0.25) is 0 Å². The minimum absolute atomic E-state index is 0.0725. The second-order valence-corrected chi connectivity index (χ2v) is 6.48. The Hall–Kier alpha value is -2.82. The van der Waals surface area contributed by atoms with Crippen LogP contribution in [-0.2, 0) is 0 Å². The van der Waals surface area contributed by atoms with E-state index in [9.17, 15) is 4.79 Å². The Balaban J connectivity index is 1.47. The summed E-state index contributed by atoms with van der Waals surface area (Å²) >= 11 is 0. The first-order valence-corrected chi connectivity index (χ1v) is 8.60. The van der Waals surface area contributed by atoms with E-state index in [1.807, 2.05) is 41.6 Å². The second-order valence-electron chi connectivity index (χ2n) is 6.48. The van der Waals surface area contributed by atoms with E-state index >= 15 is 0 Å². The maximum atomic E-state index is 12.8. The summed E-state index contributed by atoms with van der Waals surface area (Å²) < 4.78 is 5.24. The molecule has 0 bridgehead atoms. The molecule has 0 aliphatic carbocycles. The number of fused-ring (bicyclic) bond motifs is 1. The number of piperidine rings is 1. The zero-order valence-electron chi connectivity index (χ0n) is 14.2. The third-order valence-electron chi connectivity index (χ3n) is 5.02. The number of H-pyrrole nitrogens is 1. The molecule has 1 amide bonds. The molecule has 1 fully saturated rings. The van der Waals surface area contributed by atoms with Gasteiger partial charge in [0.1, 0.15) is 11.4 Å². The van der Waals surface area contributed by atoms with Crippen molar-refractivity contribution in [2.24, 2.45) is 0 Å². The number of hydrogen-bond acceptors (Lipinski definition) is 3. The monoisotopic (exact) mass is 335 g/mol. The molecular formula is C20H21N3O2. The van der Waals surface area contributed by atoms with Gasteiger partial charge in [0.25, 0.3) is 5.91 Å². The average Bonchev–Trinajstić information content (AvgIpc) is 3.11. The van der Waals surface area contributed by atoms with Gasteiger partial charge in [-0.05, 0) is 54.7 Å². The Morgan fingerprint density at radius 1 is 1.16 bits per heavy atom. The maximum Gasteiger partial charge on any atom is 0.270 e. The Morgan fingerprint density at radius 3 is 2.64 bits per heavy atom. The third kappa shape index (κ3) is 3.09. The van der Waals surface area contributed by atoms with Crippen molar-refractivity contribution in [2.75, 3.05) is 20.2 Å². The number of likely N-dealkylation sites (tertiary alicyclic amines) is 1. The molecule has 4 rings (SSSR count). The molecule has 0 spiro atoms. The molecule has 1 aliphatic rings. The number of nitrogens with zero attached hydrogens (tertiary/aromatic N) is 2. The lowest BCUT2D eigenvalue weighted by Gasteiger charge is -2.32. The molecule has 1 saturated heterocycles. The predicted molar refractivity (Wildman–Crippen MR) is 97.0 cm³/mol. The summed E-state index contributed by atoms with van der Waals surface area (Å²) in [6.07, 6.45) is 5.66. The molecule has 128 valence electrons. The van der Waals surface area contributed by atoms with Crippen LogP contribution in [0.2, 0.25) is 0 Å². The summed E-state index contributed by atoms with van der Waals surface area (Å²) in [6, 6.07) is 11.9. The van der Waals surface area contributed by atoms with Crippen molar-refractivity contribution in [3.63, 3.8) is 0 Å². The Morgan fingerprint density at radius 2 is 1.92 bits per heavy atom. The van der Waals surface area contributed by atoms with E-state index in [2.05, 4.69) is 22.1 Å². The first-order chi connectivity index (χ1) is 12.2. The van der Waals surface area contributed by atoms with Crippen LogP contribution in [0.25, 0.3) is 10.9 Å². The van der Waals surface area contributed by atoms with E-state index < -0.39 is 0 Å². The number of benzene rings is 1. The number of pyridine rings is 1. The standard InChI is InChI=1S/C20H21N3O2/c1-25-17-3-2-16-12-19(22-18(16)13-17)20(24)23-10-6-15(7-11-23)14-4-8-21-9-5-14/h2-5,8-9,12-13,15,22H,6-7,10-11H2,1H3. The second kappa shape index (κ2) is 6.59. The first kappa shape index (κ1) is 15.7. The van der Waals surface area contributed by atoms with Crippen molar-refractivity contribution in [1.29, 1.82) is 0 Å². The number of carbonyl (C=O) groups is 1. The summed E-state index contributed by atoms with van der Waals surface area (Å²) in [5, 5.41) is 1.02. The first-order valence-electron chi connectivity index (χ1n) is 8.60. The molecule has 0 radical (unpaired) electrons. The van der Waals surface area contributed by atoms with Gasteiger partial charge in [-0.1, -0.05) is 0 Å². The Bertz CT molecular complexity index is 880. The SMILES string of the molecule is COc1ccc2cc(C(=O)N3CCC(c4ccncc4)CC3)[nH]c2c1. The van der Waals surface area contributed by atoms with Crippen LogP contribution >= 0.6 is 0 Å². The molecule has 1 aromatic carbocycles. The zero-order valence-corrected chi connectivity index (χ0v) is 14.2. The molecule has 0 unspecified atom stereocenters. The number of carbonyl (C=O) groups excluding carboxylic acids is 1. The zero-order chi connectivity index (χ0) is 17.2. The summed E-state index contributed by atoms with van der Waals surface area (Å²) in [6.45, 7) is 1.56. The van der Waals surface area contributed by atoms with Crippen molar-refractivity contribution >= 4 is 16.8 Å². The summed E-state index contributed by atoms with van der Waals surface area (Å²) in [5.41, 5.74) is 2.89. The molecule has 0 atom stereocenters. The van der Waals surface area contributed by atoms with Gasteiger partial charge >= 0.3 is 0 Å². The van der Waals surface area contributed by atoms with Crippen LogP contribution in [0.3, 0.4) is 0 Å². The lowest BCUT2D eigenvalue weighted by atomic mass is 9.90. The van der Waals surface area contributed by atoms with Crippen LogP contribution in [0.1, 0.15) is 34.8 Å². The Labute approximate surface area is 146 Å². The van der Waals surface area contributed by atoms with E-state index in [0.717, 1.165) is 42.6 Å². The van der Waals surface area contributed by atoms with Gasteiger partial charge in [0.05, 0.1) is 7.11 Å². The number of aromatic amines is 1. The predicted octanol–water partition coefficient (Wildman–Crippen LogP) is 3.59. The van der Waals surface area contributed by atoms with Crippen molar-refractivity contribution in [2.45, 2.75) is 18.8 Å². The minimum Gasteiger partial charge on any atom is -0.497 e. The van der Waals surface area contributed by atoms with Crippen molar-refractivity contribution in [3.8, 4) is 5.75 Å². The highest BCUT2D eigenvalue weighted by Gasteiger charge is 2.25. The van der Waals surface area contributed by atoms with Crippen LogP contribution in [0.15, 0.2) is 48.8 Å². The van der Waals surface area contributed by atoms with Gasteiger partial charge in [-0.3, -0.25) is 9.78 Å². The summed E-state index contributed by atoms with van der Waals surface area (Å²) in [5.74, 6) is 1.37. The fourth-order valence-electron chi connectivity index (χ4n) is 3.57. The van der Waals surface area contributed by atoms with Crippen LogP contribution in [0.4, 0.5) is 0 Å². The molecule has 5 nitrogen and oxygen atoms in total. The van der Waals surface area contributed by atoms with E-state index in [1.54, 1.807) is 7.11 Å². The minimum atomic E-state index is 0.0725. The van der Waals surface area contributed by atoms with E-state index in [0.29, 0.717) is 11.6 Å². The molecule has 25 heavy (non-hydrogen) atoms. The van der Waals surface area contributed by atoms with Crippen LogP contribution in [-0.4, -0.2) is 41.0 Å². The highest BCUT2D eigenvalue weighted by atomic mass is 16.5. The van der Waals surface area contributed by atoms with E-state index in [4.69, 9.17) is 4.74 Å². The molecule has 3 aromatic rings. The topological polar surface area (TPSA) is 58.2 Å². The van der Waals surface area contributed by atoms with Gasteiger partial charge in [0.15, 0.2) is 0 Å².